The zero-order valence-corrected chi connectivity index (χ0v) is 22.0. The molecule has 1 aromatic heterocycles. The van der Waals surface area contributed by atoms with E-state index in [1.54, 1.807) is 66.7 Å². The van der Waals surface area contributed by atoms with E-state index in [1.165, 1.54) is 30.5 Å². The third-order valence-corrected chi connectivity index (χ3v) is 7.59. The molecule has 0 bridgehead atoms. The van der Waals surface area contributed by atoms with Crippen LogP contribution in [0.3, 0.4) is 0 Å². The maximum Gasteiger partial charge on any atom is 0.270 e. The monoisotopic (exact) mass is 630 g/mol. The van der Waals surface area contributed by atoms with E-state index in [0.717, 1.165) is 7.88 Å². The number of hydrogen-bond acceptors (Lipinski definition) is 7. The first-order chi connectivity index (χ1) is 17.7. The number of nitro groups is 1. The largest absolute Gasteiger partial charge is 0.455 e. The second-order valence-corrected chi connectivity index (χ2v) is 10.7. The number of amides is 1. The number of nitro benzene ring substituents is 1. The van der Waals surface area contributed by atoms with Gasteiger partial charge in [0.1, 0.15) is 18.1 Å². The first-order valence-corrected chi connectivity index (χ1v) is 13.3. The molecule has 188 valence electrons. The fraction of sp³-hybridized carbons (Fsp3) is 0.0400. The molecule has 0 atom stereocenters. The average Bonchev–Trinajstić information content (AvgIpc) is 3.37. The van der Waals surface area contributed by atoms with Crippen molar-refractivity contribution < 1.29 is 22.6 Å². The Balaban J connectivity index is 1.48. The lowest BCUT2D eigenvalue weighted by Gasteiger charge is -2.23. The first-order valence-electron chi connectivity index (χ1n) is 10.7. The zero-order chi connectivity index (χ0) is 26.4. The van der Waals surface area contributed by atoms with E-state index in [1.807, 2.05) is 0 Å². The second kappa shape index (κ2) is 11.3. The van der Waals surface area contributed by atoms with E-state index in [4.69, 9.17) is 4.42 Å². The number of carbonyl (C=O) groups excluding carboxylic acids is 1. The van der Waals surface area contributed by atoms with Crippen molar-refractivity contribution in [1.82, 2.24) is 5.43 Å². The van der Waals surface area contributed by atoms with Crippen LogP contribution in [-0.4, -0.2) is 32.0 Å². The van der Waals surface area contributed by atoms with E-state index in [2.05, 4.69) is 33.1 Å². The molecular weight excluding hydrogens is 611 g/mol. The van der Waals surface area contributed by atoms with Gasteiger partial charge in [0.2, 0.25) is 0 Å². The van der Waals surface area contributed by atoms with Crippen LogP contribution in [0.4, 0.5) is 11.4 Å². The van der Waals surface area contributed by atoms with Crippen LogP contribution in [0.25, 0.3) is 11.3 Å². The van der Waals surface area contributed by atoms with Crippen molar-refractivity contribution >= 4 is 56.1 Å². The topological polar surface area (TPSA) is 135 Å². The van der Waals surface area contributed by atoms with Gasteiger partial charge in [0, 0.05) is 21.3 Å². The third kappa shape index (κ3) is 6.40. The van der Waals surface area contributed by atoms with Gasteiger partial charge in [-0.1, -0.05) is 30.3 Å². The van der Waals surface area contributed by atoms with Gasteiger partial charge in [0.25, 0.3) is 21.6 Å². The highest BCUT2D eigenvalue weighted by atomic mass is 127. The van der Waals surface area contributed by atoms with Crippen LogP contribution >= 0.6 is 22.6 Å². The molecule has 0 saturated heterocycles. The molecule has 1 N–H and O–H groups in total. The van der Waals surface area contributed by atoms with Crippen molar-refractivity contribution in [3.63, 3.8) is 0 Å². The van der Waals surface area contributed by atoms with Crippen molar-refractivity contribution in [3.8, 4) is 11.3 Å². The van der Waals surface area contributed by atoms with Crippen LogP contribution in [0.2, 0.25) is 0 Å². The fourth-order valence-electron chi connectivity index (χ4n) is 3.33. The number of nitrogens with zero attached hydrogens (tertiary/aromatic N) is 3. The molecule has 1 amide bonds. The van der Waals surface area contributed by atoms with E-state index in [0.29, 0.717) is 17.0 Å². The Morgan fingerprint density at radius 2 is 1.76 bits per heavy atom. The van der Waals surface area contributed by atoms with Crippen molar-refractivity contribution in [3.05, 3.63) is 110 Å². The van der Waals surface area contributed by atoms with Gasteiger partial charge in [0.15, 0.2) is 0 Å². The van der Waals surface area contributed by atoms with Crippen molar-refractivity contribution in [2.75, 3.05) is 10.8 Å². The lowest BCUT2D eigenvalue weighted by Crippen LogP contribution is -2.39. The molecule has 4 aromatic rings. The number of rotatable bonds is 9. The maximum absolute atomic E-state index is 13.3. The minimum atomic E-state index is -4.02. The zero-order valence-electron chi connectivity index (χ0n) is 19.0. The van der Waals surface area contributed by atoms with Crippen molar-refractivity contribution in [2.45, 2.75) is 4.90 Å². The molecule has 0 spiro atoms. The highest BCUT2D eigenvalue weighted by molar-refractivity contribution is 14.1. The number of non-ortho nitro benzene ring substituents is 1. The number of nitrogens with one attached hydrogen (secondary N) is 1. The lowest BCUT2D eigenvalue weighted by molar-refractivity contribution is -0.384. The summed E-state index contributed by atoms with van der Waals surface area (Å²) in [4.78, 5) is 23.2. The van der Waals surface area contributed by atoms with E-state index in [9.17, 15) is 23.3 Å². The quantitative estimate of drug-likeness (QED) is 0.122. The van der Waals surface area contributed by atoms with Gasteiger partial charge in [0.05, 0.1) is 21.7 Å². The van der Waals surface area contributed by atoms with Gasteiger partial charge in [-0.3, -0.25) is 19.2 Å². The van der Waals surface area contributed by atoms with Gasteiger partial charge in [-0.15, -0.1) is 0 Å². The number of halogens is 1. The van der Waals surface area contributed by atoms with Gasteiger partial charge >= 0.3 is 0 Å². The maximum atomic E-state index is 13.3. The van der Waals surface area contributed by atoms with E-state index in [-0.39, 0.29) is 16.3 Å². The molecule has 1 heterocycles. The molecular formula is C25H19IN4O6S. The Hall–Kier alpha value is -4.04. The normalized spacial score (nSPS) is 11.4. The van der Waals surface area contributed by atoms with Crippen molar-refractivity contribution in [2.24, 2.45) is 5.10 Å². The molecule has 0 saturated carbocycles. The van der Waals surface area contributed by atoms with Crippen LogP contribution < -0.4 is 9.73 Å². The SMILES string of the molecule is O=C(CN(c1ccc(I)cc1)S(=O)(=O)c1ccccc1)N/N=C\c1ccc(-c2cccc([N+](=O)[O-])c2)o1. The predicted molar refractivity (Wildman–Crippen MR) is 147 cm³/mol. The van der Waals surface area contributed by atoms with Gasteiger partial charge in [-0.2, -0.15) is 5.10 Å². The molecule has 0 unspecified atom stereocenters. The van der Waals surface area contributed by atoms with Crippen LogP contribution in [-0.2, 0) is 14.8 Å². The summed E-state index contributed by atoms with van der Waals surface area (Å²) in [5.41, 5.74) is 3.08. The number of hydrazone groups is 1. The Bertz CT molecular complexity index is 1550. The smallest absolute Gasteiger partial charge is 0.270 e. The summed E-state index contributed by atoms with van der Waals surface area (Å²) >= 11 is 2.11. The Morgan fingerprint density at radius 3 is 2.46 bits per heavy atom. The molecule has 0 radical (unpaired) electrons. The van der Waals surface area contributed by atoms with Crippen LogP contribution in [0.1, 0.15) is 5.76 Å². The van der Waals surface area contributed by atoms with Gasteiger partial charge in [-0.05, 0) is 71.1 Å². The molecule has 3 aromatic carbocycles. The molecule has 0 aliphatic rings. The minimum Gasteiger partial charge on any atom is -0.455 e. The Labute approximate surface area is 226 Å². The van der Waals surface area contributed by atoms with Gasteiger partial charge in [-0.25, -0.2) is 13.8 Å². The molecule has 12 heteroatoms. The number of furan rings is 1. The number of sulfonamides is 1. The van der Waals surface area contributed by atoms with E-state index >= 15 is 0 Å². The Morgan fingerprint density at radius 1 is 1.03 bits per heavy atom. The minimum absolute atomic E-state index is 0.0501. The van der Waals surface area contributed by atoms with Crippen LogP contribution in [0, 0.1) is 13.7 Å². The summed E-state index contributed by atoms with van der Waals surface area (Å²) in [6.45, 7) is -0.508. The molecule has 0 aliphatic carbocycles. The second-order valence-electron chi connectivity index (χ2n) is 7.60. The summed E-state index contributed by atoms with van der Waals surface area (Å²) in [7, 11) is -4.02. The number of carbonyl (C=O) groups is 1. The molecule has 0 fully saturated rings. The summed E-state index contributed by atoms with van der Waals surface area (Å²) in [5.74, 6) is 0.00305. The highest BCUT2D eigenvalue weighted by Gasteiger charge is 2.27. The van der Waals surface area contributed by atoms with Crippen LogP contribution in [0.15, 0.2) is 105 Å². The summed E-state index contributed by atoms with van der Waals surface area (Å²) in [5, 5.41) is 14.9. The third-order valence-electron chi connectivity index (χ3n) is 5.08. The number of benzene rings is 3. The Kier molecular flexibility index (Phi) is 7.98. The molecule has 37 heavy (non-hydrogen) atoms. The average molecular weight is 630 g/mol. The first kappa shape index (κ1) is 26.0. The fourth-order valence-corrected chi connectivity index (χ4v) is 5.13. The predicted octanol–water partition coefficient (Wildman–Crippen LogP) is 4.81. The van der Waals surface area contributed by atoms with Gasteiger partial charge < -0.3 is 4.42 Å². The summed E-state index contributed by atoms with van der Waals surface area (Å²) in [6.07, 6.45) is 1.25. The lowest BCUT2D eigenvalue weighted by atomic mass is 10.1. The molecule has 0 aliphatic heterocycles. The highest BCUT2D eigenvalue weighted by Crippen LogP contribution is 2.26. The summed E-state index contributed by atoms with van der Waals surface area (Å²) < 4.78 is 34.2. The molecule has 10 nitrogen and oxygen atoms in total. The standard InChI is InChI=1S/C25H19IN4O6S/c26-19-9-11-20(12-10-19)29(37(34,35)23-7-2-1-3-8-23)17-25(31)28-27-16-22-13-14-24(36-22)18-5-4-6-21(15-18)30(32)33/h1-16H,17H2,(H,28,31)/b27-16-. The summed E-state index contributed by atoms with van der Waals surface area (Å²) in [6, 6.07) is 23.7. The number of hydrogen-bond donors (Lipinski definition) is 1. The van der Waals surface area contributed by atoms with Crippen molar-refractivity contribution in [1.29, 1.82) is 0 Å². The van der Waals surface area contributed by atoms with Crippen LogP contribution in [0.5, 0.6) is 0 Å². The van der Waals surface area contributed by atoms with E-state index < -0.39 is 27.4 Å². The number of anilines is 1. The molecule has 4 rings (SSSR count).